The van der Waals surface area contributed by atoms with Crippen LogP contribution in [0.25, 0.3) is 27.9 Å². The molecule has 31 heavy (non-hydrogen) atoms. The highest BCUT2D eigenvalue weighted by atomic mass is 35.5. The maximum atomic E-state index is 14.1. The summed E-state index contributed by atoms with van der Waals surface area (Å²) in [6.07, 6.45) is 5.03. The first-order chi connectivity index (χ1) is 15.0. The van der Waals surface area contributed by atoms with Gasteiger partial charge in [0.05, 0.1) is 22.9 Å². The molecule has 160 valence electrons. The van der Waals surface area contributed by atoms with Gasteiger partial charge in [-0.15, -0.1) is 0 Å². The minimum atomic E-state index is -0.932. The molecule has 5 nitrogen and oxygen atoms in total. The number of imidazole rings is 1. The maximum Gasteiger partial charge on any atom is 0.181 e. The van der Waals surface area contributed by atoms with E-state index in [4.69, 9.17) is 11.6 Å². The predicted octanol–water partition coefficient (Wildman–Crippen LogP) is 5.56. The molecule has 0 unspecified atom stereocenters. The summed E-state index contributed by atoms with van der Waals surface area (Å²) in [5.74, 6) is -1.33. The molecule has 2 N–H and O–H groups in total. The van der Waals surface area contributed by atoms with E-state index in [1.807, 2.05) is 25.1 Å². The lowest BCUT2D eigenvalue weighted by atomic mass is 10.1. The average molecular weight is 442 g/mol. The smallest absolute Gasteiger partial charge is 0.181 e. The molecule has 4 aromatic rings. The van der Waals surface area contributed by atoms with E-state index in [1.54, 1.807) is 10.6 Å². The number of nitrogens with one attached hydrogen (secondary N) is 2. The molecule has 0 aliphatic heterocycles. The number of hydrogen-bond acceptors (Lipinski definition) is 4. The summed E-state index contributed by atoms with van der Waals surface area (Å²) >= 11 is 6.56. The molecule has 8 heteroatoms. The second-order valence-corrected chi connectivity index (χ2v) is 8.31. The van der Waals surface area contributed by atoms with Gasteiger partial charge in [0, 0.05) is 41.9 Å². The van der Waals surface area contributed by atoms with Crippen LogP contribution in [-0.4, -0.2) is 27.0 Å². The first-order valence-electron chi connectivity index (χ1n) is 10.5. The SMILES string of the molecule is CCCNc1nc2cc(F)c(F)cc2n2c(-c3ccc(CNC4CC4)c(Cl)c3)cnc12. The van der Waals surface area contributed by atoms with Crippen LogP contribution in [0.3, 0.4) is 0 Å². The van der Waals surface area contributed by atoms with Crippen molar-refractivity contribution in [2.45, 2.75) is 38.8 Å². The Morgan fingerprint density at radius 2 is 1.97 bits per heavy atom. The Morgan fingerprint density at radius 3 is 2.71 bits per heavy atom. The fraction of sp³-hybridized carbons (Fsp3) is 0.304. The molecular weight excluding hydrogens is 420 g/mol. The molecule has 1 saturated carbocycles. The van der Waals surface area contributed by atoms with Gasteiger partial charge in [-0.3, -0.25) is 4.40 Å². The Kier molecular flexibility index (Phi) is 5.24. The highest BCUT2D eigenvalue weighted by molar-refractivity contribution is 6.31. The number of benzene rings is 2. The van der Waals surface area contributed by atoms with E-state index in [2.05, 4.69) is 20.6 Å². The molecular formula is C23H22ClF2N5. The van der Waals surface area contributed by atoms with E-state index >= 15 is 0 Å². The van der Waals surface area contributed by atoms with Crippen molar-refractivity contribution in [3.8, 4) is 11.3 Å². The van der Waals surface area contributed by atoms with Crippen molar-refractivity contribution in [3.63, 3.8) is 0 Å². The molecule has 1 aliphatic carbocycles. The van der Waals surface area contributed by atoms with Gasteiger partial charge in [-0.1, -0.05) is 30.7 Å². The maximum absolute atomic E-state index is 14.1. The van der Waals surface area contributed by atoms with Crippen molar-refractivity contribution in [1.82, 2.24) is 19.7 Å². The molecule has 2 aromatic heterocycles. The Labute approximate surface area is 183 Å². The zero-order valence-corrected chi connectivity index (χ0v) is 17.8. The first-order valence-corrected chi connectivity index (χ1v) is 10.8. The summed E-state index contributed by atoms with van der Waals surface area (Å²) < 4.78 is 29.8. The van der Waals surface area contributed by atoms with Crippen LogP contribution in [0.5, 0.6) is 0 Å². The fourth-order valence-electron chi connectivity index (χ4n) is 3.69. The lowest BCUT2D eigenvalue weighted by Gasteiger charge is -2.12. The van der Waals surface area contributed by atoms with Gasteiger partial charge < -0.3 is 10.6 Å². The normalized spacial score (nSPS) is 13.9. The van der Waals surface area contributed by atoms with Crippen molar-refractivity contribution in [1.29, 1.82) is 0 Å². The number of nitrogens with zero attached hydrogens (tertiary/aromatic N) is 3. The van der Waals surface area contributed by atoms with E-state index in [0.717, 1.165) is 41.9 Å². The monoisotopic (exact) mass is 441 g/mol. The molecule has 2 heterocycles. The van der Waals surface area contributed by atoms with Crippen LogP contribution in [0, 0.1) is 11.6 Å². The Hall–Kier alpha value is -2.77. The molecule has 1 aliphatic rings. The molecule has 1 fully saturated rings. The van der Waals surface area contributed by atoms with Crippen LogP contribution in [0.1, 0.15) is 31.7 Å². The van der Waals surface area contributed by atoms with Crippen LogP contribution in [0.4, 0.5) is 14.6 Å². The minimum Gasteiger partial charge on any atom is -0.367 e. The summed E-state index contributed by atoms with van der Waals surface area (Å²) in [7, 11) is 0. The third-order valence-corrected chi connectivity index (χ3v) is 5.87. The average Bonchev–Trinajstić information content (AvgIpc) is 3.48. The fourth-order valence-corrected chi connectivity index (χ4v) is 3.93. The molecule has 5 rings (SSSR count). The minimum absolute atomic E-state index is 0.348. The van der Waals surface area contributed by atoms with Crippen LogP contribution in [0.15, 0.2) is 36.5 Å². The number of fused-ring (bicyclic) bond motifs is 3. The zero-order chi connectivity index (χ0) is 21.5. The highest BCUT2D eigenvalue weighted by Gasteiger charge is 2.21. The van der Waals surface area contributed by atoms with Gasteiger partial charge in [-0.25, -0.2) is 18.7 Å². The van der Waals surface area contributed by atoms with Gasteiger partial charge in [-0.05, 0) is 30.9 Å². The third kappa shape index (κ3) is 3.83. The topological polar surface area (TPSA) is 54.2 Å². The summed E-state index contributed by atoms with van der Waals surface area (Å²) in [5.41, 5.74) is 3.94. The predicted molar refractivity (Wildman–Crippen MR) is 119 cm³/mol. The summed E-state index contributed by atoms with van der Waals surface area (Å²) in [6, 6.07) is 8.73. The van der Waals surface area contributed by atoms with E-state index in [-0.39, 0.29) is 0 Å². The van der Waals surface area contributed by atoms with Gasteiger partial charge in [0.1, 0.15) is 0 Å². The van der Waals surface area contributed by atoms with Crippen LogP contribution in [-0.2, 0) is 6.54 Å². The molecule has 0 atom stereocenters. The van der Waals surface area contributed by atoms with Crippen molar-refractivity contribution < 1.29 is 8.78 Å². The third-order valence-electron chi connectivity index (χ3n) is 5.51. The molecule has 0 spiro atoms. The molecule has 2 aromatic carbocycles. The summed E-state index contributed by atoms with van der Waals surface area (Å²) in [5, 5.41) is 7.35. The molecule has 0 radical (unpaired) electrons. The van der Waals surface area contributed by atoms with E-state index in [1.165, 1.54) is 12.8 Å². The van der Waals surface area contributed by atoms with Crippen LogP contribution >= 0.6 is 11.6 Å². The van der Waals surface area contributed by atoms with Crippen LogP contribution in [0.2, 0.25) is 5.02 Å². The van der Waals surface area contributed by atoms with E-state index in [9.17, 15) is 8.78 Å². The molecule has 0 saturated heterocycles. The van der Waals surface area contributed by atoms with Crippen molar-refractivity contribution >= 4 is 34.1 Å². The zero-order valence-electron chi connectivity index (χ0n) is 17.1. The van der Waals surface area contributed by atoms with Crippen molar-refractivity contribution in [3.05, 3.63) is 58.7 Å². The number of aromatic nitrogens is 3. The van der Waals surface area contributed by atoms with Crippen molar-refractivity contribution in [2.24, 2.45) is 0 Å². The Bertz CT molecular complexity index is 1280. The van der Waals surface area contributed by atoms with Gasteiger partial charge in [0.2, 0.25) is 0 Å². The second-order valence-electron chi connectivity index (χ2n) is 7.91. The number of anilines is 1. The van der Waals surface area contributed by atoms with Gasteiger partial charge in [0.15, 0.2) is 23.1 Å². The molecule has 0 amide bonds. The van der Waals surface area contributed by atoms with Crippen LogP contribution < -0.4 is 10.6 Å². The van der Waals surface area contributed by atoms with Gasteiger partial charge in [-0.2, -0.15) is 0 Å². The Morgan fingerprint density at radius 1 is 1.16 bits per heavy atom. The molecule has 0 bridgehead atoms. The lowest BCUT2D eigenvalue weighted by Crippen LogP contribution is -2.15. The van der Waals surface area contributed by atoms with Gasteiger partial charge >= 0.3 is 0 Å². The lowest BCUT2D eigenvalue weighted by molar-refractivity contribution is 0.510. The van der Waals surface area contributed by atoms with E-state index in [0.29, 0.717) is 40.1 Å². The highest BCUT2D eigenvalue weighted by Crippen LogP contribution is 2.32. The van der Waals surface area contributed by atoms with E-state index < -0.39 is 11.6 Å². The first kappa shape index (κ1) is 20.2. The quantitative estimate of drug-likeness (QED) is 0.394. The standard InChI is InChI=1S/C23H22ClF2N5/c1-2-7-27-22-23-29-12-21(31(23)20-10-18(26)17(25)9-19(20)30-22)13-3-4-14(16(24)8-13)11-28-15-5-6-15/h3-4,8-10,12,15,28H,2,5-7,11H2,1H3,(H,27,30). The Balaban J connectivity index is 1.65. The second kappa shape index (κ2) is 8.05. The van der Waals surface area contributed by atoms with Gasteiger partial charge in [0.25, 0.3) is 0 Å². The number of hydrogen-bond donors (Lipinski definition) is 2. The summed E-state index contributed by atoms with van der Waals surface area (Å²) in [6.45, 7) is 3.45. The largest absolute Gasteiger partial charge is 0.367 e. The number of halogens is 3. The summed E-state index contributed by atoms with van der Waals surface area (Å²) in [4.78, 5) is 9.03. The van der Waals surface area contributed by atoms with Crippen molar-refractivity contribution in [2.75, 3.05) is 11.9 Å². The number of rotatable bonds is 7.